The SMILES string of the molecule is CCNC(=O)NC(=O)[C@H](c1ccccc1)N1CCc2ccccc2C1. The van der Waals surface area contributed by atoms with E-state index in [0.29, 0.717) is 13.1 Å². The monoisotopic (exact) mass is 337 g/mol. The van der Waals surface area contributed by atoms with Crippen molar-refractivity contribution in [3.63, 3.8) is 0 Å². The molecule has 1 aliphatic heterocycles. The van der Waals surface area contributed by atoms with E-state index in [1.807, 2.05) is 49.4 Å². The van der Waals surface area contributed by atoms with Gasteiger partial charge in [-0.1, -0.05) is 54.6 Å². The predicted octanol–water partition coefficient (Wildman–Crippen LogP) is 2.63. The van der Waals surface area contributed by atoms with Crippen LogP contribution >= 0.6 is 0 Å². The standard InChI is InChI=1S/C20H23N3O2/c1-2-21-20(25)22-19(24)18(16-9-4-3-5-10-16)23-13-12-15-8-6-7-11-17(15)14-23/h3-11,18H,2,12-14H2,1H3,(H2,21,22,24,25)/t18-/m0/s1. The summed E-state index contributed by atoms with van der Waals surface area (Å²) in [6.07, 6.45) is 0.897. The van der Waals surface area contributed by atoms with Gasteiger partial charge in [-0.2, -0.15) is 0 Å². The number of nitrogens with zero attached hydrogens (tertiary/aromatic N) is 1. The number of hydrogen-bond acceptors (Lipinski definition) is 3. The molecule has 0 aromatic heterocycles. The maximum absolute atomic E-state index is 12.8. The van der Waals surface area contributed by atoms with Crippen molar-refractivity contribution in [1.29, 1.82) is 0 Å². The number of rotatable bonds is 4. The lowest BCUT2D eigenvalue weighted by Gasteiger charge is -2.34. The number of urea groups is 1. The molecule has 5 nitrogen and oxygen atoms in total. The number of nitrogens with one attached hydrogen (secondary N) is 2. The van der Waals surface area contributed by atoms with E-state index in [-0.39, 0.29) is 5.91 Å². The van der Waals surface area contributed by atoms with E-state index in [4.69, 9.17) is 0 Å². The lowest BCUT2D eigenvalue weighted by atomic mass is 9.96. The lowest BCUT2D eigenvalue weighted by Crippen LogP contribution is -2.47. The molecule has 1 heterocycles. The van der Waals surface area contributed by atoms with Gasteiger partial charge in [-0.3, -0.25) is 15.0 Å². The molecule has 130 valence electrons. The largest absolute Gasteiger partial charge is 0.338 e. The molecule has 3 amide bonds. The number of hydrogen-bond donors (Lipinski definition) is 2. The van der Waals surface area contributed by atoms with Crippen LogP contribution < -0.4 is 10.6 Å². The molecule has 0 aliphatic carbocycles. The Morgan fingerprint density at radius 3 is 2.44 bits per heavy atom. The van der Waals surface area contributed by atoms with Gasteiger partial charge in [0.2, 0.25) is 5.91 Å². The highest BCUT2D eigenvalue weighted by atomic mass is 16.2. The van der Waals surface area contributed by atoms with Gasteiger partial charge in [0.15, 0.2) is 0 Å². The maximum Gasteiger partial charge on any atom is 0.321 e. The Hall–Kier alpha value is -2.66. The second-order valence-electron chi connectivity index (χ2n) is 6.15. The molecule has 5 heteroatoms. The average Bonchev–Trinajstić information content (AvgIpc) is 2.63. The Bertz CT molecular complexity index is 746. The topological polar surface area (TPSA) is 61.4 Å². The summed E-state index contributed by atoms with van der Waals surface area (Å²) in [5.74, 6) is -0.295. The first kappa shape index (κ1) is 17.2. The van der Waals surface area contributed by atoms with Gasteiger partial charge in [-0.05, 0) is 30.0 Å². The molecule has 0 spiro atoms. The Balaban J connectivity index is 1.85. The van der Waals surface area contributed by atoms with E-state index in [9.17, 15) is 9.59 Å². The zero-order valence-electron chi connectivity index (χ0n) is 14.4. The van der Waals surface area contributed by atoms with Crippen LogP contribution in [0.25, 0.3) is 0 Å². The zero-order chi connectivity index (χ0) is 17.6. The third-order valence-corrected chi connectivity index (χ3v) is 4.46. The molecular weight excluding hydrogens is 314 g/mol. The van der Waals surface area contributed by atoms with Crippen molar-refractivity contribution in [1.82, 2.24) is 15.5 Å². The first-order chi connectivity index (χ1) is 12.2. The molecular formula is C20H23N3O2. The summed E-state index contributed by atoms with van der Waals surface area (Å²) in [6, 6.07) is 17.0. The highest BCUT2D eigenvalue weighted by Gasteiger charge is 2.31. The van der Waals surface area contributed by atoms with Gasteiger partial charge in [0.1, 0.15) is 6.04 Å². The predicted molar refractivity (Wildman–Crippen MR) is 97.0 cm³/mol. The number of amides is 3. The van der Waals surface area contributed by atoms with Crippen LogP contribution in [-0.2, 0) is 17.8 Å². The third-order valence-electron chi connectivity index (χ3n) is 4.46. The van der Waals surface area contributed by atoms with Crippen molar-refractivity contribution >= 4 is 11.9 Å². The molecule has 3 rings (SSSR count). The fourth-order valence-corrected chi connectivity index (χ4v) is 3.29. The normalized spacial score (nSPS) is 15.1. The van der Waals surface area contributed by atoms with E-state index < -0.39 is 12.1 Å². The number of imide groups is 1. The van der Waals surface area contributed by atoms with E-state index in [1.54, 1.807) is 0 Å². The zero-order valence-corrected chi connectivity index (χ0v) is 14.4. The minimum atomic E-state index is -0.489. The summed E-state index contributed by atoms with van der Waals surface area (Å²) in [4.78, 5) is 26.8. The molecule has 0 saturated heterocycles. The summed E-state index contributed by atoms with van der Waals surface area (Å²) in [7, 11) is 0. The summed E-state index contributed by atoms with van der Waals surface area (Å²) in [5, 5.41) is 5.08. The summed E-state index contributed by atoms with van der Waals surface area (Å²) >= 11 is 0. The number of fused-ring (bicyclic) bond motifs is 1. The maximum atomic E-state index is 12.8. The van der Waals surface area contributed by atoms with Crippen LogP contribution in [0.15, 0.2) is 54.6 Å². The molecule has 1 atom stereocenters. The second kappa shape index (κ2) is 7.94. The quantitative estimate of drug-likeness (QED) is 0.902. The minimum Gasteiger partial charge on any atom is -0.338 e. The molecule has 0 bridgehead atoms. The Labute approximate surface area is 148 Å². The van der Waals surface area contributed by atoms with Gasteiger partial charge in [0.25, 0.3) is 0 Å². The Morgan fingerprint density at radius 1 is 1.04 bits per heavy atom. The second-order valence-corrected chi connectivity index (χ2v) is 6.15. The van der Waals surface area contributed by atoms with Gasteiger partial charge in [0, 0.05) is 19.6 Å². The van der Waals surface area contributed by atoms with Crippen LogP contribution in [0.5, 0.6) is 0 Å². The van der Waals surface area contributed by atoms with Gasteiger partial charge in [-0.15, -0.1) is 0 Å². The summed E-state index contributed by atoms with van der Waals surface area (Å²) < 4.78 is 0. The molecule has 1 aliphatic rings. The summed E-state index contributed by atoms with van der Waals surface area (Å²) in [5.41, 5.74) is 3.46. The van der Waals surface area contributed by atoms with Crippen LogP contribution in [0.4, 0.5) is 4.79 Å². The van der Waals surface area contributed by atoms with Crippen LogP contribution in [-0.4, -0.2) is 29.9 Å². The van der Waals surface area contributed by atoms with Crippen LogP contribution in [0.3, 0.4) is 0 Å². The third kappa shape index (κ3) is 4.06. The highest BCUT2D eigenvalue weighted by molar-refractivity contribution is 5.97. The summed E-state index contributed by atoms with van der Waals surface area (Å²) in [6.45, 7) is 3.77. The fraction of sp³-hybridized carbons (Fsp3) is 0.300. The Kier molecular flexibility index (Phi) is 5.46. The van der Waals surface area contributed by atoms with E-state index in [1.165, 1.54) is 11.1 Å². The molecule has 2 aromatic rings. The van der Waals surface area contributed by atoms with Crippen LogP contribution in [0.1, 0.15) is 29.7 Å². The molecule has 0 radical (unpaired) electrons. The van der Waals surface area contributed by atoms with Crippen molar-refractivity contribution in [2.45, 2.75) is 25.9 Å². The van der Waals surface area contributed by atoms with Gasteiger partial charge < -0.3 is 5.32 Å². The van der Waals surface area contributed by atoms with Crippen molar-refractivity contribution in [2.24, 2.45) is 0 Å². The smallest absolute Gasteiger partial charge is 0.321 e. The minimum absolute atomic E-state index is 0.295. The first-order valence-corrected chi connectivity index (χ1v) is 8.63. The molecule has 25 heavy (non-hydrogen) atoms. The van der Waals surface area contributed by atoms with Gasteiger partial charge >= 0.3 is 6.03 Å². The first-order valence-electron chi connectivity index (χ1n) is 8.63. The Morgan fingerprint density at radius 2 is 1.72 bits per heavy atom. The van der Waals surface area contributed by atoms with Crippen molar-refractivity contribution in [3.8, 4) is 0 Å². The van der Waals surface area contributed by atoms with Crippen LogP contribution in [0.2, 0.25) is 0 Å². The number of carbonyl (C=O) groups is 2. The van der Waals surface area contributed by atoms with E-state index >= 15 is 0 Å². The molecule has 0 unspecified atom stereocenters. The molecule has 0 saturated carbocycles. The molecule has 0 fully saturated rings. The van der Waals surface area contributed by atoms with E-state index in [0.717, 1.165) is 18.5 Å². The van der Waals surface area contributed by atoms with Gasteiger partial charge in [-0.25, -0.2) is 4.79 Å². The lowest BCUT2D eigenvalue weighted by molar-refractivity contribution is -0.126. The van der Waals surface area contributed by atoms with Crippen LogP contribution in [0, 0.1) is 0 Å². The highest BCUT2D eigenvalue weighted by Crippen LogP contribution is 2.28. The average molecular weight is 337 g/mol. The van der Waals surface area contributed by atoms with E-state index in [2.05, 4.69) is 27.7 Å². The fourth-order valence-electron chi connectivity index (χ4n) is 3.29. The van der Waals surface area contributed by atoms with Crippen molar-refractivity contribution in [2.75, 3.05) is 13.1 Å². The van der Waals surface area contributed by atoms with Gasteiger partial charge in [0.05, 0.1) is 0 Å². The molecule has 2 aromatic carbocycles. The number of benzene rings is 2. The van der Waals surface area contributed by atoms with Crippen molar-refractivity contribution < 1.29 is 9.59 Å². The van der Waals surface area contributed by atoms with Crippen molar-refractivity contribution in [3.05, 3.63) is 71.3 Å². The molecule has 2 N–H and O–H groups in total. The number of carbonyl (C=O) groups excluding carboxylic acids is 2.